The molecule has 160 valence electrons. The summed E-state index contributed by atoms with van der Waals surface area (Å²) in [5, 5.41) is 14.6. The van der Waals surface area contributed by atoms with Crippen LogP contribution >= 0.6 is 0 Å². The van der Waals surface area contributed by atoms with Gasteiger partial charge in [0.25, 0.3) is 0 Å². The third kappa shape index (κ3) is 5.22. The Morgan fingerprint density at radius 1 is 1.37 bits per heavy atom. The number of aliphatic hydroxyl groups is 1. The normalized spacial score (nSPS) is 20.9. The molecule has 1 fully saturated rings. The van der Waals surface area contributed by atoms with Crippen LogP contribution in [-0.4, -0.2) is 65.5 Å². The summed E-state index contributed by atoms with van der Waals surface area (Å²) in [6, 6.07) is 5.77. The Morgan fingerprint density at radius 2 is 2.30 bits per heavy atom. The molecular formula is C23H31N5O2. The highest BCUT2D eigenvalue weighted by Gasteiger charge is 2.23. The molecule has 3 heterocycles. The lowest BCUT2D eigenvalue weighted by atomic mass is 9.97. The number of aliphatic hydroxyl groups excluding tert-OH is 1. The second-order valence-corrected chi connectivity index (χ2v) is 8.16. The molecule has 30 heavy (non-hydrogen) atoms. The van der Waals surface area contributed by atoms with E-state index < -0.39 is 6.10 Å². The lowest BCUT2D eigenvalue weighted by molar-refractivity contribution is 0.0851. The molecule has 0 amide bonds. The smallest absolute Gasteiger partial charge is 0.232 e. The van der Waals surface area contributed by atoms with Crippen molar-refractivity contribution < 1.29 is 9.84 Å². The number of ether oxygens (including phenoxy) is 1. The zero-order valence-electron chi connectivity index (χ0n) is 17.6. The monoisotopic (exact) mass is 409 g/mol. The summed E-state index contributed by atoms with van der Waals surface area (Å²) in [6.07, 6.45) is 9.57. The number of hydrogen-bond donors (Lipinski definition) is 2. The van der Waals surface area contributed by atoms with Crippen LogP contribution in [0.3, 0.4) is 0 Å². The van der Waals surface area contributed by atoms with Gasteiger partial charge in [-0.05, 0) is 50.8 Å². The lowest BCUT2D eigenvalue weighted by Gasteiger charge is -2.34. The highest BCUT2D eigenvalue weighted by molar-refractivity contribution is 5.87. The van der Waals surface area contributed by atoms with Crippen LogP contribution in [0.2, 0.25) is 0 Å². The SMILES string of the molecule is COc1cnc2cccc(C(O)CN3CCCC(CNCC4=NC=CCC4)C3)c2n1. The molecule has 0 aliphatic carbocycles. The fourth-order valence-corrected chi connectivity index (χ4v) is 4.33. The number of β-amino-alcohol motifs (C(OH)–C–C–N with tert-alkyl or cyclic N) is 1. The van der Waals surface area contributed by atoms with Crippen molar-refractivity contribution in [1.29, 1.82) is 0 Å². The van der Waals surface area contributed by atoms with Crippen molar-refractivity contribution in [3.63, 3.8) is 0 Å². The maximum Gasteiger partial charge on any atom is 0.232 e. The fourth-order valence-electron chi connectivity index (χ4n) is 4.33. The van der Waals surface area contributed by atoms with Crippen LogP contribution in [-0.2, 0) is 0 Å². The Balaban J connectivity index is 1.34. The summed E-state index contributed by atoms with van der Waals surface area (Å²) < 4.78 is 5.22. The molecule has 7 nitrogen and oxygen atoms in total. The number of allylic oxidation sites excluding steroid dienone is 1. The van der Waals surface area contributed by atoms with Gasteiger partial charge in [0.05, 0.1) is 30.4 Å². The van der Waals surface area contributed by atoms with Gasteiger partial charge in [0.15, 0.2) is 0 Å². The van der Waals surface area contributed by atoms with Crippen molar-refractivity contribution in [2.45, 2.75) is 31.8 Å². The first-order valence-electron chi connectivity index (χ1n) is 10.8. The number of aliphatic imine (C=N–C) groups is 1. The molecule has 2 atom stereocenters. The van der Waals surface area contributed by atoms with E-state index in [9.17, 15) is 5.11 Å². The number of hydrogen-bond acceptors (Lipinski definition) is 7. The van der Waals surface area contributed by atoms with Gasteiger partial charge in [-0.15, -0.1) is 0 Å². The molecule has 0 radical (unpaired) electrons. The number of aromatic nitrogens is 2. The quantitative estimate of drug-likeness (QED) is 0.698. The number of benzene rings is 1. The molecule has 2 aromatic rings. The predicted octanol–water partition coefficient (Wildman–Crippen LogP) is 2.72. The van der Waals surface area contributed by atoms with E-state index in [0.717, 1.165) is 56.5 Å². The minimum Gasteiger partial charge on any atom is -0.480 e. The van der Waals surface area contributed by atoms with Crippen molar-refractivity contribution in [3.05, 3.63) is 42.2 Å². The Bertz CT molecular complexity index is 914. The van der Waals surface area contributed by atoms with Gasteiger partial charge in [0, 0.05) is 37.1 Å². The molecule has 2 aliphatic heterocycles. The first kappa shape index (κ1) is 20.9. The molecule has 2 aliphatic rings. The van der Waals surface area contributed by atoms with Gasteiger partial charge in [-0.25, -0.2) is 9.97 Å². The summed E-state index contributed by atoms with van der Waals surface area (Å²) in [6.45, 7) is 4.49. The molecule has 1 aromatic carbocycles. The first-order valence-corrected chi connectivity index (χ1v) is 10.8. The highest BCUT2D eigenvalue weighted by atomic mass is 16.5. The molecular weight excluding hydrogens is 378 g/mol. The van der Waals surface area contributed by atoms with Crippen LogP contribution in [0.1, 0.15) is 37.4 Å². The number of methoxy groups -OCH3 is 1. The number of likely N-dealkylation sites (tertiary alicyclic amines) is 1. The van der Waals surface area contributed by atoms with Crippen molar-refractivity contribution in [3.8, 4) is 5.88 Å². The summed E-state index contributed by atoms with van der Waals surface area (Å²) in [4.78, 5) is 15.7. The standard InChI is InChI=1S/C23H31N5O2/c1-30-22-14-26-20-9-4-8-19(23(20)27-22)21(29)16-28-11-5-6-17(15-28)12-24-13-18-7-2-3-10-25-18/h3-4,8-10,14,17,21,24,29H,2,5-7,11-13,15-16H2,1H3. The van der Waals surface area contributed by atoms with Gasteiger partial charge in [0.2, 0.25) is 5.88 Å². The van der Waals surface area contributed by atoms with Crippen LogP contribution in [0.15, 0.2) is 41.7 Å². The van der Waals surface area contributed by atoms with Crippen LogP contribution < -0.4 is 10.1 Å². The molecule has 1 aromatic heterocycles. The summed E-state index contributed by atoms with van der Waals surface area (Å²) in [7, 11) is 1.58. The molecule has 4 rings (SSSR count). The van der Waals surface area contributed by atoms with E-state index in [4.69, 9.17) is 4.74 Å². The van der Waals surface area contributed by atoms with Crippen molar-refractivity contribution in [1.82, 2.24) is 20.2 Å². The molecule has 0 saturated carbocycles. The maximum absolute atomic E-state index is 11.0. The van der Waals surface area contributed by atoms with E-state index >= 15 is 0 Å². The summed E-state index contributed by atoms with van der Waals surface area (Å²) in [5.74, 6) is 1.06. The van der Waals surface area contributed by atoms with E-state index in [-0.39, 0.29) is 0 Å². The van der Waals surface area contributed by atoms with Crippen molar-refractivity contribution in [2.24, 2.45) is 10.9 Å². The van der Waals surface area contributed by atoms with E-state index in [2.05, 4.69) is 31.3 Å². The van der Waals surface area contributed by atoms with Crippen LogP contribution in [0.5, 0.6) is 5.88 Å². The summed E-state index contributed by atoms with van der Waals surface area (Å²) >= 11 is 0. The number of nitrogens with one attached hydrogen (secondary N) is 1. The Morgan fingerprint density at radius 3 is 3.13 bits per heavy atom. The minimum atomic E-state index is -0.606. The minimum absolute atomic E-state index is 0.462. The van der Waals surface area contributed by atoms with Crippen molar-refractivity contribution in [2.75, 3.05) is 39.8 Å². The zero-order valence-corrected chi connectivity index (χ0v) is 17.6. The Hall–Kier alpha value is -2.35. The second-order valence-electron chi connectivity index (χ2n) is 8.16. The van der Waals surface area contributed by atoms with Crippen LogP contribution in [0.4, 0.5) is 0 Å². The van der Waals surface area contributed by atoms with Gasteiger partial charge < -0.3 is 20.1 Å². The number of piperidine rings is 1. The van der Waals surface area contributed by atoms with Crippen LogP contribution in [0, 0.1) is 5.92 Å². The molecule has 0 bridgehead atoms. The fraction of sp³-hybridized carbons (Fsp3) is 0.522. The predicted molar refractivity (Wildman–Crippen MR) is 119 cm³/mol. The third-order valence-electron chi connectivity index (χ3n) is 5.91. The van der Waals surface area contributed by atoms with E-state index in [1.54, 1.807) is 13.3 Å². The zero-order chi connectivity index (χ0) is 20.8. The average Bonchev–Trinajstić information content (AvgIpc) is 2.79. The molecule has 7 heteroatoms. The maximum atomic E-state index is 11.0. The highest BCUT2D eigenvalue weighted by Crippen LogP contribution is 2.25. The van der Waals surface area contributed by atoms with E-state index in [1.807, 2.05) is 24.4 Å². The average molecular weight is 410 g/mol. The largest absolute Gasteiger partial charge is 0.480 e. The Labute approximate surface area is 177 Å². The number of nitrogens with zero attached hydrogens (tertiary/aromatic N) is 4. The lowest BCUT2D eigenvalue weighted by Crippen LogP contribution is -2.42. The first-order chi connectivity index (χ1) is 14.7. The van der Waals surface area contributed by atoms with Crippen molar-refractivity contribution >= 4 is 16.7 Å². The van der Waals surface area contributed by atoms with E-state index in [1.165, 1.54) is 12.1 Å². The third-order valence-corrected chi connectivity index (χ3v) is 5.91. The van der Waals surface area contributed by atoms with Gasteiger partial charge >= 0.3 is 0 Å². The number of rotatable bonds is 8. The topological polar surface area (TPSA) is 82.9 Å². The second kappa shape index (κ2) is 10.1. The molecule has 2 N–H and O–H groups in total. The molecule has 2 unspecified atom stereocenters. The molecule has 0 spiro atoms. The molecule has 1 saturated heterocycles. The van der Waals surface area contributed by atoms with Gasteiger partial charge in [-0.1, -0.05) is 18.2 Å². The van der Waals surface area contributed by atoms with E-state index in [0.29, 0.717) is 23.9 Å². The van der Waals surface area contributed by atoms with Gasteiger partial charge in [-0.3, -0.25) is 4.99 Å². The number of para-hydroxylation sites is 1. The van der Waals surface area contributed by atoms with Crippen LogP contribution in [0.25, 0.3) is 11.0 Å². The number of fused-ring (bicyclic) bond motifs is 1. The summed E-state index contributed by atoms with van der Waals surface area (Å²) in [5.41, 5.74) is 3.53. The van der Waals surface area contributed by atoms with Gasteiger partial charge in [0.1, 0.15) is 0 Å². The Kier molecular flexibility index (Phi) is 7.04. The van der Waals surface area contributed by atoms with Gasteiger partial charge in [-0.2, -0.15) is 0 Å².